The average Bonchev–Trinajstić information content (AvgIpc) is 3.11. The fraction of sp³-hybridized carbons (Fsp3) is 0.478. The van der Waals surface area contributed by atoms with Crippen molar-refractivity contribution in [3.05, 3.63) is 47.5 Å². The molecule has 1 fully saturated rings. The number of aryl methyl sites for hydroxylation is 1. The number of fused-ring (bicyclic) bond motifs is 1. The van der Waals surface area contributed by atoms with Gasteiger partial charge in [-0.3, -0.25) is 4.90 Å². The van der Waals surface area contributed by atoms with Crippen molar-refractivity contribution in [1.29, 1.82) is 0 Å². The Kier molecular flexibility index (Phi) is 4.90. The first-order chi connectivity index (χ1) is 12.7. The monoisotopic (exact) mass is 351 g/mol. The van der Waals surface area contributed by atoms with E-state index in [1.807, 2.05) is 6.07 Å². The maximum Gasteiger partial charge on any atom is 0.123 e. The van der Waals surface area contributed by atoms with Crippen molar-refractivity contribution in [2.24, 2.45) is 5.92 Å². The van der Waals surface area contributed by atoms with Gasteiger partial charge in [0, 0.05) is 12.1 Å². The lowest BCUT2D eigenvalue weighted by Crippen LogP contribution is -2.35. The first-order valence-corrected chi connectivity index (χ1v) is 9.78. The lowest BCUT2D eigenvalue weighted by atomic mass is 9.95. The topological polar surface area (TPSA) is 21.7 Å². The summed E-state index contributed by atoms with van der Waals surface area (Å²) in [5.41, 5.74) is 5.44. The fourth-order valence-electron chi connectivity index (χ4n) is 4.47. The molecule has 1 unspecified atom stereocenters. The molecule has 0 radical (unpaired) electrons. The first-order valence-electron chi connectivity index (χ1n) is 9.78. The third-order valence-electron chi connectivity index (χ3n) is 6.13. The molecule has 0 amide bonds. The summed E-state index contributed by atoms with van der Waals surface area (Å²) in [4.78, 5) is 2.71. The summed E-state index contributed by atoms with van der Waals surface area (Å²) >= 11 is 0. The van der Waals surface area contributed by atoms with Crippen LogP contribution in [0.25, 0.3) is 11.1 Å². The molecule has 26 heavy (non-hydrogen) atoms. The van der Waals surface area contributed by atoms with Gasteiger partial charge in [0.05, 0.1) is 14.2 Å². The van der Waals surface area contributed by atoms with Crippen molar-refractivity contribution in [1.82, 2.24) is 4.90 Å². The van der Waals surface area contributed by atoms with Crippen LogP contribution in [0, 0.1) is 5.92 Å². The van der Waals surface area contributed by atoms with Gasteiger partial charge in [-0.25, -0.2) is 0 Å². The number of rotatable bonds is 4. The Balaban J connectivity index is 1.61. The van der Waals surface area contributed by atoms with Crippen molar-refractivity contribution >= 4 is 0 Å². The predicted octanol–water partition coefficient (Wildman–Crippen LogP) is 5.09. The highest BCUT2D eigenvalue weighted by atomic mass is 16.5. The summed E-state index contributed by atoms with van der Waals surface area (Å²) in [6, 6.07) is 13.7. The van der Waals surface area contributed by atoms with Gasteiger partial charge in [-0.05, 0) is 79.1 Å². The molecule has 1 aliphatic carbocycles. The van der Waals surface area contributed by atoms with Crippen molar-refractivity contribution in [3.8, 4) is 22.6 Å². The van der Waals surface area contributed by atoms with Crippen LogP contribution in [0.2, 0.25) is 0 Å². The van der Waals surface area contributed by atoms with Crippen molar-refractivity contribution in [2.75, 3.05) is 27.3 Å². The lowest BCUT2D eigenvalue weighted by molar-refractivity contribution is 0.137. The van der Waals surface area contributed by atoms with E-state index in [1.54, 1.807) is 14.2 Å². The number of benzene rings is 2. The molecule has 4 rings (SSSR count). The van der Waals surface area contributed by atoms with Gasteiger partial charge in [0.2, 0.25) is 0 Å². The SMILES string of the molecule is COc1cc(OC)cc(-c2ccc3c(c2)CCC3N2CCC(C)CC2)c1. The van der Waals surface area contributed by atoms with Crippen LogP contribution in [0.5, 0.6) is 11.5 Å². The minimum absolute atomic E-state index is 0.617. The molecule has 2 aromatic rings. The highest BCUT2D eigenvalue weighted by Crippen LogP contribution is 2.40. The van der Waals surface area contributed by atoms with Crippen LogP contribution in [0.15, 0.2) is 36.4 Å². The van der Waals surface area contributed by atoms with E-state index >= 15 is 0 Å². The maximum atomic E-state index is 5.43. The number of hydrogen-bond acceptors (Lipinski definition) is 3. The minimum atomic E-state index is 0.617. The molecule has 1 atom stereocenters. The van der Waals surface area contributed by atoms with Crippen LogP contribution in [0.1, 0.15) is 43.4 Å². The van der Waals surface area contributed by atoms with Gasteiger partial charge in [0.25, 0.3) is 0 Å². The average molecular weight is 351 g/mol. The molecule has 2 aliphatic rings. The Bertz CT molecular complexity index is 756. The Morgan fingerprint density at radius 1 is 0.846 bits per heavy atom. The molecule has 3 heteroatoms. The van der Waals surface area contributed by atoms with Crippen LogP contribution in [-0.4, -0.2) is 32.2 Å². The smallest absolute Gasteiger partial charge is 0.123 e. The summed E-state index contributed by atoms with van der Waals surface area (Å²) in [7, 11) is 3.40. The van der Waals surface area contributed by atoms with E-state index in [9.17, 15) is 0 Å². The Morgan fingerprint density at radius 3 is 2.19 bits per heavy atom. The number of piperidine rings is 1. The third-order valence-corrected chi connectivity index (χ3v) is 6.13. The molecule has 1 heterocycles. The second-order valence-electron chi connectivity index (χ2n) is 7.79. The van der Waals surface area contributed by atoms with Gasteiger partial charge >= 0.3 is 0 Å². The summed E-state index contributed by atoms with van der Waals surface area (Å²) in [5, 5.41) is 0. The molecule has 0 N–H and O–H groups in total. The summed E-state index contributed by atoms with van der Waals surface area (Å²) in [5.74, 6) is 2.55. The first kappa shape index (κ1) is 17.4. The second kappa shape index (κ2) is 7.32. The summed E-state index contributed by atoms with van der Waals surface area (Å²) in [6.45, 7) is 4.88. The van der Waals surface area contributed by atoms with Crippen LogP contribution in [-0.2, 0) is 6.42 Å². The fourth-order valence-corrected chi connectivity index (χ4v) is 4.47. The van der Waals surface area contributed by atoms with Gasteiger partial charge in [-0.2, -0.15) is 0 Å². The van der Waals surface area contributed by atoms with Crippen LogP contribution in [0.3, 0.4) is 0 Å². The third kappa shape index (κ3) is 3.33. The van der Waals surface area contributed by atoms with Gasteiger partial charge in [-0.15, -0.1) is 0 Å². The number of hydrogen-bond donors (Lipinski definition) is 0. The normalized spacial score (nSPS) is 20.8. The number of likely N-dealkylation sites (tertiary alicyclic amines) is 1. The van der Waals surface area contributed by atoms with E-state index in [4.69, 9.17) is 9.47 Å². The van der Waals surface area contributed by atoms with E-state index in [-0.39, 0.29) is 0 Å². The standard InChI is InChI=1S/C23H29NO2/c1-16-8-10-24(11-9-16)23-7-5-18-12-17(4-6-22(18)23)19-13-20(25-2)15-21(14-19)26-3/h4,6,12-16,23H,5,7-11H2,1-3H3. The number of nitrogens with zero attached hydrogens (tertiary/aromatic N) is 1. The minimum Gasteiger partial charge on any atom is -0.497 e. The molecule has 0 saturated carbocycles. The van der Waals surface area contributed by atoms with Gasteiger partial charge in [0.15, 0.2) is 0 Å². The zero-order chi connectivity index (χ0) is 18.1. The zero-order valence-electron chi connectivity index (χ0n) is 16.1. The molecule has 1 saturated heterocycles. The number of methoxy groups -OCH3 is 2. The highest BCUT2D eigenvalue weighted by Gasteiger charge is 2.30. The van der Waals surface area contributed by atoms with E-state index in [0.717, 1.165) is 23.0 Å². The molecule has 0 bridgehead atoms. The highest BCUT2D eigenvalue weighted by molar-refractivity contribution is 5.69. The predicted molar refractivity (Wildman–Crippen MR) is 106 cm³/mol. The largest absolute Gasteiger partial charge is 0.497 e. The zero-order valence-corrected chi connectivity index (χ0v) is 16.1. The van der Waals surface area contributed by atoms with Crippen molar-refractivity contribution in [3.63, 3.8) is 0 Å². The van der Waals surface area contributed by atoms with Crippen molar-refractivity contribution in [2.45, 2.75) is 38.6 Å². The quantitative estimate of drug-likeness (QED) is 0.766. The van der Waals surface area contributed by atoms with Crippen LogP contribution >= 0.6 is 0 Å². The molecule has 2 aromatic carbocycles. The Hall–Kier alpha value is -2.00. The number of ether oxygens (including phenoxy) is 2. The van der Waals surface area contributed by atoms with Crippen LogP contribution < -0.4 is 9.47 Å². The molecule has 0 spiro atoms. The van der Waals surface area contributed by atoms with Crippen LogP contribution in [0.4, 0.5) is 0 Å². The second-order valence-corrected chi connectivity index (χ2v) is 7.79. The van der Waals surface area contributed by atoms with E-state index in [0.29, 0.717) is 6.04 Å². The maximum absolute atomic E-state index is 5.43. The van der Waals surface area contributed by atoms with E-state index in [1.165, 1.54) is 55.5 Å². The molecule has 0 aromatic heterocycles. The Labute approximate surface area is 156 Å². The van der Waals surface area contributed by atoms with Crippen molar-refractivity contribution < 1.29 is 9.47 Å². The molecule has 138 valence electrons. The van der Waals surface area contributed by atoms with Gasteiger partial charge < -0.3 is 9.47 Å². The van der Waals surface area contributed by atoms with E-state index in [2.05, 4.69) is 42.2 Å². The Morgan fingerprint density at radius 2 is 1.54 bits per heavy atom. The van der Waals surface area contributed by atoms with E-state index < -0.39 is 0 Å². The molecule has 1 aliphatic heterocycles. The van der Waals surface area contributed by atoms with Gasteiger partial charge in [-0.1, -0.05) is 25.1 Å². The molecular weight excluding hydrogens is 322 g/mol. The van der Waals surface area contributed by atoms with Gasteiger partial charge in [0.1, 0.15) is 11.5 Å². The molecular formula is C23H29NO2. The lowest BCUT2D eigenvalue weighted by Gasteiger charge is -2.35. The summed E-state index contributed by atoms with van der Waals surface area (Å²) in [6.07, 6.45) is 5.12. The summed E-state index contributed by atoms with van der Waals surface area (Å²) < 4.78 is 10.9. The molecule has 3 nitrogen and oxygen atoms in total.